The summed E-state index contributed by atoms with van der Waals surface area (Å²) in [7, 11) is 0. The van der Waals surface area contributed by atoms with Gasteiger partial charge in [-0.15, -0.1) is 0 Å². The molecule has 0 bridgehead atoms. The lowest BCUT2D eigenvalue weighted by atomic mass is 10.1. The Morgan fingerprint density at radius 2 is 1.90 bits per heavy atom. The second kappa shape index (κ2) is 8.84. The van der Waals surface area contributed by atoms with Crippen molar-refractivity contribution in [2.24, 2.45) is 0 Å². The van der Waals surface area contributed by atoms with E-state index in [1.807, 2.05) is 6.07 Å². The highest BCUT2D eigenvalue weighted by molar-refractivity contribution is 6.31. The van der Waals surface area contributed by atoms with Crippen molar-refractivity contribution in [2.45, 2.75) is 38.9 Å². The minimum absolute atomic E-state index is 0.0939. The molecule has 1 amide bonds. The van der Waals surface area contributed by atoms with Crippen LogP contribution in [0.1, 0.15) is 30.4 Å². The van der Waals surface area contributed by atoms with Crippen LogP contribution in [0.15, 0.2) is 51.7 Å². The Morgan fingerprint density at radius 1 is 1.14 bits per heavy atom. The highest BCUT2D eigenvalue weighted by Gasteiger charge is 2.17. The number of halogens is 1. The number of nitrogens with zero attached hydrogens (tertiary/aromatic N) is 1. The number of fused-ring (bicyclic) bond motifs is 1. The number of carbonyl (C=O) groups excluding carboxylic acids is 1. The van der Waals surface area contributed by atoms with E-state index in [0.717, 1.165) is 12.1 Å². The largest absolute Gasteiger partial charge is 0.419 e. The number of hydrogen-bond acceptors (Lipinski definition) is 3. The summed E-state index contributed by atoms with van der Waals surface area (Å²) < 4.78 is 6.68. The van der Waals surface area contributed by atoms with Gasteiger partial charge in [-0.05, 0) is 17.7 Å². The van der Waals surface area contributed by atoms with Gasteiger partial charge in [-0.25, -0.2) is 4.79 Å². The molecular weight excluding hydrogens is 390 g/mol. The van der Waals surface area contributed by atoms with Crippen LogP contribution in [0, 0.1) is 0 Å². The number of aromatic nitrogens is 1. The number of likely N-dealkylation sites (tertiary alicyclic amines) is 1. The molecule has 0 saturated carbocycles. The fourth-order valence-electron chi connectivity index (χ4n) is 3.97. The van der Waals surface area contributed by atoms with Crippen molar-refractivity contribution >= 4 is 28.6 Å². The summed E-state index contributed by atoms with van der Waals surface area (Å²) in [5.74, 6) is -0.572. The predicted molar refractivity (Wildman–Crippen MR) is 112 cm³/mol. The van der Waals surface area contributed by atoms with E-state index < -0.39 is 5.76 Å². The van der Waals surface area contributed by atoms with Gasteiger partial charge in [0.1, 0.15) is 6.54 Å². The van der Waals surface area contributed by atoms with Gasteiger partial charge >= 0.3 is 5.76 Å². The molecular formula is C22H25ClN3O3+. The summed E-state index contributed by atoms with van der Waals surface area (Å²) in [6, 6.07) is 13.3. The normalized spacial score (nSPS) is 14.5. The maximum absolute atomic E-state index is 12.4. The van der Waals surface area contributed by atoms with Crippen molar-refractivity contribution in [1.82, 2.24) is 9.88 Å². The fourth-order valence-corrected chi connectivity index (χ4v) is 4.13. The number of nitrogens with one attached hydrogen (secondary N) is 2. The summed E-state index contributed by atoms with van der Waals surface area (Å²) >= 11 is 5.94. The van der Waals surface area contributed by atoms with Gasteiger partial charge in [0.15, 0.2) is 5.58 Å². The molecule has 0 spiro atoms. The summed E-state index contributed by atoms with van der Waals surface area (Å²) in [6.45, 7) is 4.21. The SMILES string of the molecule is O=C(CCn1c(=O)oc2cc(Cl)ccc21)NCc1ccccc1C[NH+]1CCCC1. The molecule has 7 heteroatoms. The van der Waals surface area contributed by atoms with Crippen LogP contribution in [0.25, 0.3) is 11.1 Å². The third-order valence-corrected chi connectivity index (χ3v) is 5.77. The zero-order valence-corrected chi connectivity index (χ0v) is 17.0. The Bertz CT molecular complexity index is 1070. The van der Waals surface area contributed by atoms with E-state index >= 15 is 0 Å². The Balaban J connectivity index is 1.35. The topological polar surface area (TPSA) is 68.7 Å². The van der Waals surface area contributed by atoms with E-state index in [9.17, 15) is 9.59 Å². The molecule has 1 aromatic heterocycles. The van der Waals surface area contributed by atoms with Crippen LogP contribution in [-0.2, 0) is 24.4 Å². The molecule has 2 N–H and O–H groups in total. The maximum Gasteiger partial charge on any atom is 0.419 e. The van der Waals surface area contributed by atoms with Crippen LogP contribution >= 0.6 is 11.6 Å². The molecule has 1 fully saturated rings. The number of carbonyl (C=O) groups is 1. The molecule has 0 unspecified atom stereocenters. The minimum atomic E-state index is -0.478. The molecule has 29 heavy (non-hydrogen) atoms. The third kappa shape index (κ3) is 4.71. The Kier molecular flexibility index (Phi) is 6.02. The van der Waals surface area contributed by atoms with E-state index in [-0.39, 0.29) is 18.9 Å². The van der Waals surface area contributed by atoms with Crippen molar-refractivity contribution in [3.05, 3.63) is 69.2 Å². The van der Waals surface area contributed by atoms with Crippen LogP contribution in [0.5, 0.6) is 0 Å². The maximum atomic E-state index is 12.4. The molecule has 1 saturated heterocycles. The van der Waals surface area contributed by atoms with Gasteiger partial charge in [-0.1, -0.05) is 35.9 Å². The van der Waals surface area contributed by atoms with Crippen LogP contribution in [0.4, 0.5) is 0 Å². The third-order valence-electron chi connectivity index (χ3n) is 5.54. The monoisotopic (exact) mass is 414 g/mol. The first-order valence-corrected chi connectivity index (χ1v) is 10.4. The molecule has 0 radical (unpaired) electrons. The minimum Gasteiger partial charge on any atom is -0.408 e. The average molecular weight is 415 g/mol. The van der Waals surface area contributed by atoms with Gasteiger partial charge in [0, 0.05) is 49.0 Å². The lowest BCUT2D eigenvalue weighted by Crippen LogP contribution is -3.08. The van der Waals surface area contributed by atoms with Gasteiger partial charge in [-0.2, -0.15) is 0 Å². The highest BCUT2D eigenvalue weighted by Crippen LogP contribution is 2.18. The number of benzene rings is 2. The van der Waals surface area contributed by atoms with Gasteiger partial charge in [0.2, 0.25) is 5.91 Å². The van der Waals surface area contributed by atoms with Gasteiger partial charge in [-0.3, -0.25) is 9.36 Å². The second-order valence-corrected chi connectivity index (χ2v) is 8.00. The zero-order chi connectivity index (χ0) is 20.2. The smallest absolute Gasteiger partial charge is 0.408 e. The Hall–Kier alpha value is -2.57. The van der Waals surface area contributed by atoms with Crippen LogP contribution in [-0.4, -0.2) is 23.6 Å². The van der Waals surface area contributed by atoms with Crippen molar-refractivity contribution in [3.63, 3.8) is 0 Å². The van der Waals surface area contributed by atoms with Crippen molar-refractivity contribution < 1.29 is 14.1 Å². The van der Waals surface area contributed by atoms with Gasteiger partial charge in [0.25, 0.3) is 0 Å². The van der Waals surface area contributed by atoms with E-state index in [0.29, 0.717) is 22.7 Å². The molecule has 4 rings (SSSR count). The number of aryl methyl sites for hydroxylation is 1. The number of quaternary nitrogens is 1. The van der Waals surface area contributed by atoms with Gasteiger partial charge in [0.05, 0.1) is 18.6 Å². The fraction of sp³-hybridized carbons (Fsp3) is 0.364. The van der Waals surface area contributed by atoms with Gasteiger partial charge < -0.3 is 14.6 Å². The standard InChI is InChI=1S/C22H24ClN3O3/c23-18-7-8-19-20(13-18)29-22(28)26(19)12-9-21(27)24-14-16-5-1-2-6-17(16)15-25-10-3-4-11-25/h1-2,5-8,13H,3-4,9-12,14-15H2,(H,24,27)/p+1. The second-order valence-electron chi connectivity index (χ2n) is 7.56. The lowest BCUT2D eigenvalue weighted by Gasteiger charge is -2.15. The number of amides is 1. The molecule has 1 aliphatic heterocycles. The van der Waals surface area contributed by atoms with Crippen LogP contribution < -0.4 is 16.0 Å². The van der Waals surface area contributed by atoms with E-state index in [1.165, 1.54) is 36.1 Å². The summed E-state index contributed by atoms with van der Waals surface area (Å²) in [5, 5.41) is 3.49. The summed E-state index contributed by atoms with van der Waals surface area (Å²) in [4.78, 5) is 26.1. The summed E-state index contributed by atoms with van der Waals surface area (Å²) in [5.41, 5.74) is 3.52. The molecule has 0 aliphatic carbocycles. The molecule has 152 valence electrons. The lowest BCUT2D eigenvalue weighted by molar-refractivity contribution is -0.901. The summed E-state index contributed by atoms with van der Waals surface area (Å²) in [6.07, 6.45) is 2.79. The van der Waals surface area contributed by atoms with Crippen molar-refractivity contribution in [2.75, 3.05) is 13.1 Å². The van der Waals surface area contributed by atoms with E-state index in [4.69, 9.17) is 16.0 Å². The molecule has 0 atom stereocenters. The van der Waals surface area contributed by atoms with Crippen LogP contribution in [0.3, 0.4) is 0 Å². The van der Waals surface area contributed by atoms with E-state index in [1.54, 1.807) is 23.1 Å². The quantitative estimate of drug-likeness (QED) is 0.622. The highest BCUT2D eigenvalue weighted by atomic mass is 35.5. The van der Waals surface area contributed by atoms with Crippen molar-refractivity contribution in [1.29, 1.82) is 0 Å². The predicted octanol–water partition coefficient (Wildman–Crippen LogP) is 2.13. The molecule has 3 aromatic rings. The molecule has 2 aromatic carbocycles. The first kappa shape index (κ1) is 19.7. The average Bonchev–Trinajstić information content (AvgIpc) is 3.32. The number of rotatable bonds is 7. The Labute approximate surface area is 174 Å². The first-order valence-electron chi connectivity index (χ1n) is 10.1. The Morgan fingerprint density at radius 3 is 2.69 bits per heavy atom. The molecule has 2 heterocycles. The molecule has 6 nitrogen and oxygen atoms in total. The van der Waals surface area contributed by atoms with E-state index in [2.05, 4.69) is 23.5 Å². The zero-order valence-electron chi connectivity index (χ0n) is 16.2. The van der Waals surface area contributed by atoms with Crippen molar-refractivity contribution in [3.8, 4) is 0 Å². The molecule has 1 aliphatic rings. The van der Waals surface area contributed by atoms with Crippen LogP contribution in [0.2, 0.25) is 5.02 Å². The first-order chi connectivity index (χ1) is 14.1. The number of oxazole rings is 1. The number of hydrogen-bond donors (Lipinski definition) is 2.